The Morgan fingerprint density at radius 2 is 2.05 bits per heavy atom. The average Bonchev–Trinajstić information content (AvgIpc) is 2.35. The molecule has 0 atom stereocenters. The van der Waals surface area contributed by atoms with E-state index in [-0.39, 0.29) is 12.6 Å². The number of nitrogens with zero attached hydrogens (tertiary/aromatic N) is 2. The summed E-state index contributed by atoms with van der Waals surface area (Å²) in [7, 11) is 0. The number of anilines is 1. The highest BCUT2D eigenvalue weighted by Gasteiger charge is 2.18. The van der Waals surface area contributed by atoms with Crippen molar-refractivity contribution in [3.8, 4) is 0 Å². The standard InChI is InChI=1S/C15H18N2O2/c1-10(2)17(9-14(18)19)15-11(3)8-12-6-4-5-7-13(12)16-15/h4-8,10H,9H2,1-3H3,(H,18,19). The van der Waals surface area contributed by atoms with Crippen LogP contribution < -0.4 is 4.90 Å². The van der Waals surface area contributed by atoms with Crippen LogP contribution in [0, 0.1) is 6.92 Å². The van der Waals surface area contributed by atoms with Gasteiger partial charge in [0.05, 0.1) is 5.52 Å². The van der Waals surface area contributed by atoms with Crippen LogP contribution in [-0.2, 0) is 4.79 Å². The molecule has 100 valence electrons. The Kier molecular flexibility index (Phi) is 3.69. The van der Waals surface area contributed by atoms with E-state index in [1.54, 1.807) is 0 Å². The molecule has 1 aromatic carbocycles. The number of fused-ring (bicyclic) bond motifs is 1. The van der Waals surface area contributed by atoms with Crippen LogP contribution in [0.4, 0.5) is 5.82 Å². The normalized spacial score (nSPS) is 10.9. The summed E-state index contributed by atoms with van der Waals surface area (Å²) in [6.07, 6.45) is 0. The maximum atomic E-state index is 11.0. The van der Waals surface area contributed by atoms with Gasteiger partial charge in [-0.1, -0.05) is 18.2 Å². The van der Waals surface area contributed by atoms with Crippen LogP contribution in [0.25, 0.3) is 10.9 Å². The van der Waals surface area contributed by atoms with Crippen LogP contribution in [0.1, 0.15) is 19.4 Å². The first kappa shape index (κ1) is 13.3. The number of para-hydroxylation sites is 1. The predicted octanol–water partition coefficient (Wildman–Crippen LogP) is 2.84. The fourth-order valence-corrected chi connectivity index (χ4v) is 2.15. The van der Waals surface area contributed by atoms with E-state index < -0.39 is 5.97 Å². The molecule has 2 aromatic rings. The number of rotatable bonds is 4. The maximum Gasteiger partial charge on any atom is 0.323 e. The SMILES string of the molecule is Cc1cc2ccccc2nc1N(CC(=O)O)C(C)C. The molecule has 0 spiro atoms. The lowest BCUT2D eigenvalue weighted by Crippen LogP contribution is -2.36. The number of aliphatic carboxylic acids is 1. The van der Waals surface area contributed by atoms with Gasteiger partial charge in [0.1, 0.15) is 12.4 Å². The van der Waals surface area contributed by atoms with Crippen molar-refractivity contribution in [3.05, 3.63) is 35.9 Å². The Hall–Kier alpha value is -2.10. The first-order valence-electron chi connectivity index (χ1n) is 6.34. The summed E-state index contributed by atoms with van der Waals surface area (Å²) in [5.74, 6) is -0.0980. The summed E-state index contributed by atoms with van der Waals surface area (Å²) >= 11 is 0. The molecular formula is C15H18N2O2. The molecule has 19 heavy (non-hydrogen) atoms. The van der Waals surface area contributed by atoms with Crippen molar-refractivity contribution in [1.82, 2.24) is 4.98 Å². The summed E-state index contributed by atoms with van der Waals surface area (Å²) < 4.78 is 0. The lowest BCUT2D eigenvalue weighted by atomic mass is 10.1. The zero-order valence-corrected chi connectivity index (χ0v) is 11.4. The van der Waals surface area contributed by atoms with Gasteiger partial charge in [-0.15, -0.1) is 0 Å². The molecule has 2 rings (SSSR count). The highest BCUT2D eigenvalue weighted by molar-refractivity contribution is 5.82. The summed E-state index contributed by atoms with van der Waals surface area (Å²) in [5, 5.41) is 10.1. The molecule has 0 aliphatic carbocycles. The van der Waals surface area contributed by atoms with Gasteiger partial charge in [0, 0.05) is 11.4 Å². The van der Waals surface area contributed by atoms with Crippen LogP contribution in [0.2, 0.25) is 0 Å². The van der Waals surface area contributed by atoms with Crippen molar-refractivity contribution in [3.63, 3.8) is 0 Å². The van der Waals surface area contributed by atoms with Crippen LogP contribution in [-0.4, -0.2) is 28.6 Å². The molecule has 0 saturated carbocycles. The lowest BCUT2D eigenvalue weighted by Gasteiger charge is -2.27. The van der Waals surface area contributed by atoms with E-state index in [0.29, 0.717) is 0 Å². The second kappa shape index (κ2) is 5.26. The number of pyridine rings is 1. The Bertz CT molecular complexity index is 608. The molecule has 0 unspecified atom stereocenters. The van der Waals surface area contributed by atoms with E-state index in [0.717, 1.165) is 22.3 Å². The Balaban J connectivity index is 2.52. The number of hydrogen-bond acceptors (Lipinski definition) is 3. The average molecular weight is 258 g/mol. The van der Waals surface area contributed by atoms with Crippen molar-refractivity contribution in [2.24, 2.45) is 0 Å². The van der Waals surface area contributed by atoms with Crippen LogP contribution in [0.3, 0.4) is 0 Å². The topological polar surface area (TPSA) is 53.4 Å². The zero-order valence-electron chi connectivity index (χ0n) is 11.4. The molecule has 0 aliphatic heterocycles. The van der Waals surface area contributed by atoms with Gasteiger partial charge in [0.2, 0.25) is 0 Å². The molecule has 0 fully saturated rings. The van der Waals surface area contributed by atoms with Crippen molar-refractivity contribution >= 4 is 22.7 Å². The highest BCUT2D eigenvalue weighted by atomic mass is 16.4. The van der Waals surface area contributed by atoms with Crippen molar-refractivity contribution in [1.29, 1.82) is 0 Å². The second-order valence-electron chi connectivity index (χ2n) is 4.94. The Morgan fingerprint density at radius 1 is 1.37 bits per heavy atom. The third-order valence-corrected chi connectivity index (χ3v) is 3.09. The quantitative estimate of drug-likeness (QED) is 0.916. The minimum atomic E-state index is -0.844. The van der Waals surface area contributed by atoms with Gasteiger partial charge in [-0.05, 0) is 38.5 Å². The van der Waals surface area contributed by atoms with Gasteiger partial charge in [-0.25, -0.2) is 4.98 Å². The number of benzene rings is 1. The smallest absolute Gasteiger partial charge is 0.323 e. The predicted molar refractivity (Wildman–Crippen MR) is 76.6 cm³/mol. The molecule has 0 saturated heterocycles. The third kappa shape index (κ3) is 2.84. The Labute approximate surface area is 112 Å². The van der Waals surface area contributed by atoms with Crippen LogP contribution >= 0.6 is 0 Å². The molecule has 0 bridgehead atoms. The number of aryl methyl sites for hydroxylation is 1. The van der Waals surface area contributed by atoms with E-state index in [1.807, 2.05) is 49.9 Å². The van der Waals surface area contributed by atoms with E-state index in [2.05, 4.69) is 11.1 Å². The zero-order chi connectivity index (χ0) is 14.0. The third-order valence-electron chi connectivity index (χ3n) is 3.09. The van der Waals surface area contributed by atoms with Crippen molar-refractivity contribution < 1.29 is 9.90 Å². The number of hydrogen-bond donors (Lipinski definition) is 1. The summed E-state index contributed by atoms with van der Waals surface area (Å²) in [5.41, 5.74) is 1.88. The summed E-state index contributed by atoms with van der Waals surface area (Å²) in [6.45, 7) is 5.87. The van der Waals surface area contributed by atoms with Crippen LogP contribution in [0.15, 0.2) is 30.3 Å². The molecule has 0 amide bonds. The molecule has 4 heteroatoms. The maximum absolute atomic E-state index is 11.0. The molecule has 0 radical (unpaired) electrons. The second-order valence-corrected chi connectivity index (χ2v) is 4.94. The Morgan fingerprint density at radius 3 is 2.68 bits per heavy atom. The first-order valence-corrected chi connectivity index (χ1v) is 6.34. The summed E-state index contributed by atoms with van der Waals surface area (Å²) in [6, 6.07) is 10.00. The largest absolute Gasteiger partial charge is 0.480 e. The van der Waals surface area contributed by atoms with Gasteiger partial charge in [-0.2, -0.15) is 0 Å². The lowest BCUT2D eigenvalue weighted by molar-refractivity contribution is -0.135. The van der Waals surface area contributed by atoms with Crippen molar-refractivity contribution in [2.75, 3.05) is 11.4 Å². The fraction of sp³-hybridized carbons (Fsp3) is 0.333. The first-order chi connectivity index (χ1) is 8.99. The van der Waals surface area contributed by atoms with Gasteiger partial charge in [0.15, 0.2) is 0 Å². The molecule has 0 aliphatic rings. The monoisotopic (exact) mass is 258 g/mol. The molecule has 4 nitrogen and oxygen atoms in total. The van der Waals surface area contributed by atoms with E-state index in [9.17, 15) is 4.79 Å². The molecule has 1 aromatic heterocycles. The molecular weight excluding hydrogens is 240 g/mol. The molecule has 1 N–H and O–H groups in total. The van der Waals surface area contributed by atoms with Crippen molar-refractivity contribution in [2.45, 2.75) is 26.8 Å². The van der Waals surface area contributed by atoms with Gasteiger partial charge < -0.3 is 10.0 Å². The van der Waals surface area contributed by atoms with E-state index in [4.69, 9.17) is 5.11 Å². The fourth-order valence-electron chi connectivity index (χ4n) is 2.15. The van der Waals surface area contributed by atoms with Crippen LogP contribution in [0.5, 0.6) is 0 Å². The number of carboxylic acid groups (broad SMARTS) is 1. The number of carbonyl (C=O) groups is 1. The van der Waals surface area contributed by atoms with E-state index >= 15 is 0 Å². The molecule has 1 heterocycles. The van der Waals surface area contributed by atoms with Gasteiger partial charge in [0.25, 0.3) is 0 Å². The highest BCUT2D eigenvalue weighted by Crippen LogP contribution is 2.24. The number of carboxylic acids is 1. The summed E-state index contributed by atoms with van der Waals surface area (Å²) in [4.78, 5) is 17.4. The minimum Gasteiger partial charge on any atom is -0.480 e. The minimum absolute atomic E-state index is 0.0379. The van der Waals surface area contributed by atoms with Gasteiger partial charge >= 0.3 is 5.97 Å². The number of aromatic nitrogens is 1. The van der Waals surface area contributed by atoms with Gasteiger partial charge in [-0.3, -0.25) is 4.79 Å². The van der Waals surface area contributed by atoms with E-state index in [1.165, 1.54) is 0 Å².